The first-order valence-corrected chi connectivity index (χ1v) is 8.70. The summed E-state index contributed by atoms with van der Waals surface area (Å²) in [6, 6.07) is 4.45. The van der Waals surface area contributed by atoms with Crippen molar-refractivity contribution in [3.05, 3.63) is 35.1 Å². The van der Waals surface area contributed by atoms with E-state index in [0.717, 1.165) is 0 Å². The van der Waals surface area contributed by atoms with E-state index >= 15 is 0 Å². The summed E-state index contributed by atoms with van der Waals surface area (Å²) in [6.07, 6.45) is 0.0391. The quantitative estimate of drug-likeness (QED) is 0.392. The number of nitrogens with zero attached hydrogens (tertiary/aromatic N) is 1. The van der Waals surface area contributed by atoms with Gasteiger partial charge in [0, 0.05) is 39.4 Å². The van der Waals surface area contributed by atoms with Crippen molar-refractivity contribution in [2.24, 2.45) is 10.4 Å². The average molecular weight is 366 g/mol. The van der Waals surface area contributed by atoms with Crippen molar-refractivity contribution in [2.75, 3.05) is 33.8 Å². The van der Waals surface area contributed by atoms with Gasteiger partial charge >= 0.3 is 0 Å². The molecule has 0 heterocycles. The molecule has 1 atom stereocenters. The number of amides is 1. The van der Waals surface area contributed by atoms with Gasteiger partial charge in [0.05, 0.1) is 6.10 Å². The highest BCUT2D eigenvalue weighted by molar-refractivity contribution is 5.94. The van der Waals surface area contributed by atoms with Gasteiger partial charge in [0.1, 0.15) is 5.82 Å². The number of carbonyl (C=O) groups is 1. The highest BCUT2D eigenvalue weighted by atomic mass is 19.1. The summed E-state index contributed by atoms with van der Waals surface area (Å²) in [7, 11) is 3.37. The van der Waals surface area contributed by atoms with Crippen LogP contribution in [0.2, 0.25) is 0 Å². The third kappa shape index (κ3) is 7.00. The molecule has 0 saturated heterocycles. The molecule has 0 bridgehead atoms. The Hall–Kier alpha value is -2.15. The second kappa shape index (κ2) is 10.1. The van der Waals surface area contributed by atoms with Crippen molar-refractivity contribution in [1.29, 1.82) is 0 Å². The van der Waals surface area contributed by atoms with Crippen LogP contribution in [0.3, 0.4) is 0 Å². The number of aliphatic imine (C=N–C) groups is 1. The summed E-state index contributed by atoms with van der Waals surface area (Å²) in [5.74, 6) is -0.0559. The molecule has 6 nitrogen and oxygen atoms in total. The van der Waals surface area contributed by atoms with Gasteiger partial charge < -0.3 is 20.7 Å². The second-order valence-corrected chi connectivity index (χ2v) is 7.19. The zero-order valence-corrected chi connectivity index (χ0v) is 16.6. The minimum atomic E-state index is -0.382. The lowest BCUT2D eigenvalue weighted by Gasteiger charge is -2.30. The Morgan fingerprint density at radius 2 is 1.88 bits per heavy atom. The number of benzene rings is 1. The minimum Gasteiger partial charge on any atom is -0.379 e. The van der Waals surface area contributed by atoms with Crippen LogP contribution < -0.4 is 16.0 Å². The molecule has 0 saturated carbocycles. The van der Waals surface area contributed by atoms with Crippen molar-refractivity contribution in [3.63, 3.8) is 0 Å². The smallest absolute Gasteiger partial charge is 0.251 e. The van der Waals surface area contributed by atoms with Gasteiger partial charge in [-0.25, -0.2) is 4.39 Å². The predicted molar refractivity (Wildman–Crippen MR) is 103 cm³/mol. The van der Waals surface area contributed by atoms with E-state index in [1.54, 1.807) is 33.2 Å². The molecule has 26 heavy (non-hydrogen) atoms. The Morgan fingerprint density at radius 1 is 1.23 bits per heavy atom. The van der Waals surface area contributed by atoms with Crippen molar-refractivity contribution in [3.8, 4) is 0 Å². The second-order valence-electron chi connectivity index (χ2n) is 7.19. The fourth-order valence-electron chi connectivity index (χ4n) is 2.35. The van der Waals surface area contributed by atoms with E-state index in [1.165, 1.54) is 6.07 Å². The first-order valence-electron chi connectivity index (χ1n) is 8.70. The van der Waals surface area contributed by atoms with Crippen molar-refractivity contribution in [2.45, 2.75) is 33.8 Å². The maximum absolute atomic E-state index is 13.5. The van der Waals surface area contributed by atoms with E-state index in [4.69, 9.17) is 4.74 Å². The monoisotopic (exact) mass is 366 g/mol. The highest BCUT2D eigenvalue weighted by Crippen LogP contribution is 2.20. The molecule has 0 aromatic heterocycles. The van der Waals surface area contributed by atoms with Crippen molar-refractivity contribution in [1.82, 2.24) is 16.0 Å². The first-order chi connectivity index (χ1) is 12.2. The Bertz CT molecular complexity index is 626. The molecule has 0 aliphatic heterocycles. The van der Waals surface area contributed by atoms with Crippen LogP contribution in [0.25, 0.3) is 0 Å². The minimum absolute atomic E-state index is 0.0118. The van der Waals surface area contributed by atoms with Gasteiger partial charge in [0.25, 0.3) is 5.91 Å². The SMILES string of the molecule is CN=C(NCCNC(=O)c1ccc(C)c(F)c1)NCC(OC)C(C)(C)C. The number of hydrogen-bond donors (Lipinski definition) is 3. The highest BCUT2D eigenvalue weighted by Gasteiger charge is 2.24. The molecule has 0 radical (unpaired) electrons. The standard InChI is InChI=1S/C19H31FN4O2/c1-13-7-8-14(11-15(13)20)17(25)22-9-10-23-18(21-5)24-12-16(26-6)19(2,3)4/h7-8,11,16H,9-10,12H2,1-6H3,(H,22,25)(H2,21,23,24). The summed E-state index contributed by atoms with van der Waals surface area (Å²) in [5.41, 5.74) is 0.837. The lowest BCUT2D eigenvalue weighted by molar-refractivity contribution is 0.0205. The number of halogens is 1. The Kier molecular flexibility index (Phi) is 8.51. The zero-order chi connectivity index (χ0) is 19.7. The van der Waals surface area contributed by atoms with Crippen molar-refractivity contribution < 1.29 is 13.9 Å². The first kappa shape index (κ1) is 21.9. The normalized spacial score (nSPS) is 13.3. The molecule has 1 aromatic rings. The van der Waals surface area contributed by atoms with Gasteiger partial charge in [-0.2, -0.15) is 0 Å². The van der Waals surface area contributed by atoms with E-state index in [-0.39, 0.29) is 23.2 Å². The number of guanidine groups is 1. The van der Waals surface area contributed by atoms with Crippen LogP contribution in [0.5, 0.6) is 0 Å². The van der Waals surface area contributed by atoms with Crippen molar-refractivity contribution >= 4 is 11.9 Å². The molecule has 0 aliphatic carbocycles. The lowest BCUT2D eigenvalue weighted by atomic mass is 9.89. The number of methoxy groups -OCH3 is 1. The number of hydrogen-bond acceptors (Lipinski definition) is 3. The fourth-order valence-corrected chi connectivity index (χ4v) is 2.35. The molecule has 1 rings (SSSR count). The largest absolute Gasteiger partial charge is 0.379 e. The molecular formula is C19H31FN4O2. The Morgan fingerprint density at radius 3 is 2.42 bits per heavy atom. The molecule has 146 valence electrons. The third-order valence-corrected chi connectivity index (χ3v) is 4.07. The van der Waals surface area contributed by atoms with E-state index in [2.05, 4.69) is 41.7 Å². The van der Waals surface area contributed by atoms with Gasteiger partial charge in [-0.05, 0) is 30.0 Å². The molecule has 1 amide bonds. The maximum Gasteiger partial charge on any atom is 0.251 e. The summed E-state index contributed by atoms with van der Waals surface area (Å²) in [5, 5.41) is 9.08. The molecule has 0 fully saturated rings. The Labute approximate surface area is 155 Å². The molecule has 0 spiro atoms. The summed E-state index contributed by atoms with van der Waals surface area (Å²) in [6.45, 7) is 9.50. The molecular weight excluding hydrogens is 335 g/mol. The zero-order valence-electron chi connectivity index (χ0n) is 16.6. The van der Waals surface area contributed by atoms with Crippen LogP contribution in [0.15, 0.2) is 23.2 Å². The van der Waals surface area contributed by atoms with Gasteiger partial charge in [0.15, 0.2) is 5.96 Å². The van der Waals surface area contributed by atoms with E-state index in [9.17, 15) is 9.18 Å². The van der Waals surface area contributed by atoms with Gasteiger partial charge in [-0.15, -0.1) is 0 Å². The summed E-state index contributed by atoms with van der Waals surface area (Å²) >= 11 is 0. The van der Waals surface area contributed by atoms with Crippen LogP contribution in [-0.2, 0) is 4.74 Å². The van der Waals surface area contributed by atoms with E-state index < -0.39 is 0 Å². The molecule has 1 unspecified atom stereocenters. The fraction of sp³-hybridized carbons (Fsp3) is 0.579. The molecule has 1 aromatic carbocycles. The summed E-state index contributed by atoms with van der Waals surface area (Å²) in [4.78, 5) is 16.2. The number of nitrogens with one attached hydrogen (secondary N) is 3. The average Bonchev–Trinajstić information content (AvgIpc) is 2.58. The van der Waals surface area contributed by atoms with Crippen LogP contribution >= 0.6 is 0 Å². The van der Waals surface area contributed by atoms with Gasteiger partial charge in [0.2, 0.25) is 0 Å². The predicted octanol–water partition coefficient (Wildman–Crippen LogP) is 2.09. The third-order valence-electron chi connectivity index (χ3n) is 4.07. The number of aryl methyl sites for hydroxylation is 1. The molecule has 7 heteroatoms. The summed E-state index contributed by atoms with van der Waals surface area (Å²) < 4.78 is 19.0. The van der Waals surface area contributed by atoms with Crippen LogP contribution in [0.1, 0.15) is 36.7 Å². The topological polar surface area (TPSA) is 74.8 Å². The van der Waals surface area contributed by atoms with E-state index in [0.29, 0.717) is 36.7 Å². The Balaban J connectivity index is 2.38. The molecule has 3 N–H and O–H groups in total. The lowest BCUT2D eigenvalue weighted by Crippen LogP contribution is -2.46. The van der Waals surface area contributed by atoms with Crippen LogP contribution in [0, 0.1) is 18.2 Å². The number of ether oxygens (including phenoxy) is 1. The number of carbonyl (C=O) groups excluding carboxylic acids is 1. The number of rotatable bonds is 7. The van der Waals surface area contributed by atoms with Crippen LogP contribution in [-0.4, -0.2) is 51.8 Å². The van der Waals surface area contributed by atoms with E-state index in [1.807, 2.05) is 0 Å². The van der Waals surface area contributed by atoms with Gasteiger partial charge in [-0.3, -0.25) is 9.79 Å². The van der Waals surface area contributed by atoms with Crippen LogP contribution in [0.4, 0.5) is 4.39 Å². The molecule has 0 aliphatic rings. The maximum atomic E-state index is 13.5. The van der Waals surface area contributed by atoms with Gasteiger partial charge in [-0.1, -0.05) is 26.8 Å².